The lowest BCUT2D eigenvalue weighted by Gasteiger charge is -2.17. The third kappa shape index (κ3) is 5.99. The molecular formula is C26H27N3O5S. The zero-order chi connectivity index (χ0) is 25.0. The van der Waals surface area contributed by atoms with Crippen LogP contribution in [0, 0.1) is 12.8 Å². The number of likely N-dealkylation sites (tertiary alicyclic amines) is 1. The van der Waals surface area contributed by atoms with Crippen molar-refractivity contribution in [3.63, 3.8) is 0 Å². The van der Waals surface area contributed by atoms with Crippen molar-refractivity contribution < 1.29 is 22.7 Å². The van der Waals surface area contributed by atoms with Crippen molar-refractivity contribution in [2.45, 2.75) is 24.8 Å². The van der Waals surface area contributed by atoms with Gasteiger partial charge in [0.1, 0.15) is 5.75 Å². The topological polar surface area (TPSA) is 105 Å². The van der Waals surface area contributed by atoms with Gasteiger partial charge in [-0.15, -0.1) is 0 Å². The molecule has 0 bridgehead atoms. The van der Waals surface area contributed by atoms with Crippen LogP contribution in [0.4, 0.5) is 11.4 Å². The summed E-state index contributed by atoms with van der Waals surface area (Å²) in [5, 5.41) is 2.79. The van der Waals surface area contributed by atoms with Crippen molar-refractivity contribution in [1.29, 1.82) is 0 Å². The molecule has 1 atom stereocenters. The van der Waals surface area contributed by atoms with Crippen molar-refractivity contribution in [3.05, 3.63) is 83.9 Å². The fourth-order valence-electron chi connectivity index (χ4n) is 3.85. The third-order valence-corrected chi connectivity index (χ3v) is 7.25. The smallest absolute Gasteiger partial charge is 0.261 e. The zero-order valence-corrected chi connectivity index (χ0v) is 20.3. The van der Waals surface area contributed by atoms with E-state index in [-0.39, 0.29) is 23.1 Å². The second kappa shape index (κ2) is 10.2. The minimum absolute atomic E-state index is 0.0585. The first-order chi connectivity index (χ1) is 16.7. The average molecular weight is 494 g/mol. The Morgan fingerprint density at radius 2 is 1.60 bits per heavy atom. The van der Waals surface area contributed by atoms with Crippen LogP contribution >= 0.6 is 0 Å². The molecule has 0 aromatic heterocycles. The van der Waals surface area contributed by atoms with Gasteiger partial charge in [0.05, 0.1) is 17.9 Å². The molecule has 4 rings (SSSR count). The summed E-state index contributed by atoms with van der Waals surface area (Å²) < 4.78 is 32.9. The fourth-order valence-corrected chi connectivity index (χ4v) is 4.91. The van der Waals surface area contributed by atoms with E-state index >= 15 is 0 Å². The fraction of sp³-hybridized carbons (Fsp3) is 0.231. The van der Waals surface area contributed by atoms with Crippen molar-refractivity contribution in [2.24, 2.45) is 5.92 Å². The maximum absolute atomic E-state index is 12.7. The van der Waals surface area contributed by atoms with Crippen LogP contribution in [0.2, 0.25) is 0 Å². The molecule has 8 nitrogen and oxygen atoms in total. The number of hydrogen-bond acceptors (Lipinski definition) is 5. The molecule has 1 saturated heterocycles. The van der Waals surface area contributed by atoms with Gasteiger partial charge in [-0.2, -0.15) is 0 Å². The molecule has 9 heteroatoms. The van der Waals surface area contributed by atoms with Crippen molar-refractivity contribution >= 4 is 33.2 Å². The van der Waals surface area contributed by atoms with Crippen LogP contribution in [0.15, 0.2) is 77.7 Å². The minimum Gasteiger partial charge on any atom is -0.497 e. The molecule has 1 aliphatic rings. The van der Waals surface area contributed by atoms with E-state index in [0.29, 0.717) is 30.2 Å². The van der Waals surface area contributed by atoms with E-state index < -0.39 is 15.9 Å². The molecule has 182 valence electrons. The Labute approximate surface area is 205 Å². The SMILES string of the molecule is COc1ccc(NS(=O)(=O)c2ccc(NC(=O)C3CC(=O)N(Cc4ccc(C)cc4)C3)cc2)cc1. The lowest BCUT2D eigenvalue weighted by molar-refractivity contribution is -0.128. The van der Waals surface area contributed by atoms with Gasteiger partial charge in [-0.05, 0) is 61.0 Å². The Hall–Kier alpha value is -3.85. The quantitative estimate of drug-likeness (QED) is 0.497. The average Bonchev–Trinajstić information content (AvgIpc) is 3.21. The van der Waals surface area contributed by atoms with E-state index in [4.69, 9.17) is 4.74 Å². The number of amides is 2. The predicted molar refractivity (Wildman–Crippen MR) is 134 cm³/mol. The van der Waals surface area contributed by atoms with Crippen molar-refractivity contribution in [3.8, 4) is 5.75 Å². The largest absolute Gasteiger partial charge is 0.497 e. The van der Waals surface area contributed by atoms with E-state index in [2.05, 4.69) is 10.0 Å². The highest BCUT2D eigenvalue weighted by Gasteiger charge is 2.34. The van der Waals surface area contributed by atoms with Gasteiger partial charge in [0.15, 0.2) is 0 Å². The summed E-state index contributed by atoms with van der Waals surface area (Å²) in [5.74, 6) is -0.170. The van der Waals surface area contributed by atoms with Gasteiger partial charge in [0, 0.05) is 30.9 Å². The molecule has 0 spiro atoms. The Morgan fingerprint density at radius 1 is 0.971 bits per heavy atom. The van der Waals surface area contributed by atoms with Gasteiger partial charge in [0.25, 0.3) is 10.0 Å². The number of rotatable bonds is 8. The number of sulfonamides is 1. The van der Waals surface area contributed by atoms with Gasteiger partial charge < -0.3 is 15.0 Å². The van der Waals surface area contributed by atoms with Crippen LogP contribution < -0.4 is 14.8 Å². The lowest BCUT2D eigenvalue weighted by Crippen LogP contribution is -2.28. The summed E-state index contributed by atoms with van der Waals surface area (Å²) in [6.45, 7) is 2.82. The number of aryl methyl sites for hydroxylation is 1. The molecule has 1 unspecified atom stereocenters. The molecule has 0 saturated carbocycles. The van der Waals surface area contributed by atoms with Gasteiger partial charge in [-0.1, -0.05) is 29.8 Å². The van der Waals surface area contributed by atoms with Gasteiger partial charge in [0.2, 0.25) is 11.8 Å². The molecule has 35 heavy (non-hydrogen) atoms. The predicted octanol–water partition coefficient (Wildman–Crippen LogP) is 3.79. The molecule has 1 fully saturated rings. The summed E-state index contributed by atoms with van der Waals surface area (Å²) >= 11 is 0. The van der Waals surface area contributed by atoms with Crippen LogP contribution in [0.3, 0.4) is 0 Å². The number of ether oxygens (including phenoxy) is 1. The first-order valence-corrected chi connectivity index (χ1v) is 12.6. The maximum atomic E-state index is 12.7. The summed E-state index contributed by atoms with van der Waals surface area (Å²) in [5.41, 5.74) is 3.03. The number of anilines is 2. The normalized spacial score (nSPS) is 15.7. The standard InChI is InChI=1S/C26H27N3O5S/c1-18-3-5-19(6-4-18)16-29-17-20(15-25(29)30)26(31)27-21-9-13-24(14-10-21)35(32,33)28-22-7-11-23(34-2)12-8-22/h3-14,20,28H,15-17H2,1-2H3,(H,27,31). The van der Waals surface area contributed by atoms with E-state index in [1.807, 2.05) is 31.2 Å². The van der Waals surface area contributed by atoms with Crippen molar-refractivity contribution in [1.82, 2.24) is 4.90 Å². The second-order valence-electron chi connectivity index (χ2n) is 8.51. The molecule has 1 heterocycles. The molecule has 2 N–H and O–H groups in total. The number of nitrogens with zero attached hydrogens (tertiary/aromatic N) is 1. The van der Waals surface area contributed by atoms with Crippen LogP contribution in [-0.2, 0) is 26.2 Å². The van der Waals surface area contributed by atoms with Gasteiger partial charge >= 0.3 is 0 Å². The molecule has 3 aromatic carbocycles. The minimum atomic E-state index is -3.80. The van der Waals surface area contributed by atoms with Crippen LogP contribution in [0.25, 0.3) is 0 Å². The highest BCUT2D eigenvalue weighted by Crippen LogP contribution is 2.24. The van der Waals surface area contributed by atoms with Crippen LogP contribution in [-0.4, -0.2) is 38.8 Å². The van der Waals surface area contributed by atoms with E-state index in [0.717, 1.165) is 11.1 Å². The summed E-state index contributed by atoms with van der Waals surface area (Å²) in [7, 11) is -2.26. The van der Waals surface area contributed by atoms with Gasteiger partial charge in [-0.3, -0.25) is 14.3 Å². The monoisotopic (exact) mass is 493 g/mol. The van der Waals surface area contributed by atoms with Crippen molar-refractivity contribution in [2.75, 3.05) is 23.7 Å². The molecule has 1 aliphatic heterocycles. The molecular weight excluding hydrogens is 466 g/mol. The Bertz CT molecular complexity index is 1300. The highest BCUT2D eigenvalue weighted by molar-refractivity contribution is 7.92. The van der Waals surface area contributed by atoms with Gasteiger partial charge in [-0.25, -0.2) is 8.42 Å². The van der Waals surface area contributed by atoms with E-state index in [1.54, 1.807) is 29.2 Å². The Balaban J connectivity index is 1.35. The number of nitrogens with one attached hydrogen (secondary N) is 2. The van der Waals surface area contributed by atoms with E-state index in [1.165, 1.54) is 31.4 Å². The summed E-state index contributed by atoms with van der Waals surface area (Å²) in [4.78, 5) is 26.9. The molecule has 3 aromatic rings. The number of methoxy groups -OCH3 is 1. The maximum Gasteiger partial charge on any atom is 0.261 e. The number of carbonyl (C=O) groups excluding carboxylic acids is 2. The number of carbonyl (C=O) groups is 2. The number of hydrogen-bond donors (Lipinski definition) is 2. The molecule has 0 aliphatic carbocycles. The first kappa shape index (κ1) is 24.3. The third-order valence-electron chi connectivity index (χ3n) is 5.85. The van der Waals surface area contributed by atoms with E-state index in [9.17, 15) is 18.0 Å². The first-order valence-electron chi connectivity index (χ1n) is 11.1. The summed E-state index contributed by atoms with van der Waals surface area (Å²) in [6, 6.07) is 20.4. The highest BCUT2D eigenvalue weighted by atomic mass is 32.2. The Kier molecular flexibility index (Phi) is 7.07. The zero-order valence-electron chi connectivity index (χ0n) is 19.5. The Morgan fingerprint density at radius 3 is 2.23 bits per heavy atom. The number of benzene rings is 3. The van der Waals surface area contributed by atoms with Crippen LogP contribution in [0.1, 0.15) is 17.5 Å². The molecule has 0 radical (unpaired) electrons. The lowest BCUT2D eigenvalue weighted by atomic mass is 10.1. The second-order valence-corrected chi connectivity index (χ2v) is 10.2. The van der Waals surface area contributed by atoms with Crippen LogP contribution in [0.5, 0.6) is 5.75 Å². The summed E-state index contributed by atoms with van der Waals surface area (Å²) in [6.07, 6.45) is 0.149. The molecule has 2 amide bonds.